The first-order chi connectivity index (χ1) is 9.31. The molecule has 4 nitrogen and oxygen atoms in total. The van der Waals surface area contributed by atoms with Gasteiger partial charge in [0.05, 0.1) is 16.7 Å². The van der Waals surface area contributed by atoms with Crippen molar-refractivity contribution in [1.82, 2.24) is 15.3 Å². The molecule has 0 spiro atoms. The standard InChI is InChI=1S/C15H16N4/c1-10-15(18-14-5-3-2-4-13(14)17-10)19-8-11-6-16-7-12(11)9-19/h2-6,12,16H,7-9H2,1H3. The van der Waals surface area contributed by atoms with Crippen molar-refractivity contribution in [3.8, 4) is 0 Å². The normalized spacial score (nSPS) is 21.4. The van der Waals surface area contributed by atoms with E-state index in [1.54, 1.807) is 0 Å². The summed E-state index contributed by atoms with van der Waals surface area (Å²) < 4.78 is 0. The van der Waals surface area contributed by atoms with Crippen LogP contribution in [0.2, 0.25) is 0 Å². The summed E-state index contributed by atoms with van der Waals surface area (Å²) >= 11 is 0. The molecule has 2 aliphatic rings. The van der Waals surface area contributed by atoms with Crippen molar-refractivity contribution >= 4 is 16.9 Å². The number of nitrogens with zero attached hydrogens (tertiary/aromatic N) is 3. The average Bonchev–Trinajstić information content (AvgIpc) is 2.98. The second-order valence-corrected chi connectivity index (χ2v) is 5.33. The van der Waals surface area contributed by atoms with Crippen LogP contribution >= 0.6 is 0 Å². The van der Waals surface area contributed by atoms with E-state index in [0.29, 0.717) is 5.92 Å². The maximum Gasteiger partial charge on any atom is 0.151 e. The van der Waals surface area contributed by atoms with Gasteiger partial charge in [-0.2, -0.15) is 0 Å². The van der Waals surface area contributed by atoms with Gasteiger partial charge in [-0.05, 0) is 30.8 Å². The van der Waals surface area contributed by atoms with Crippen LogP contribution < -0.4 is 10.2 Å². The SMILES string of the molecule is Cc1nc2ccccc2nc1N1CC2=CNCC2C1. The third-order valence-corrected chi connectivity index (χ3v) is 4.01. The fraction of sp³-hybridized carbons (Fsp3) is 0.333. The number of aromatic nitrogens is 2. The van der Waals surface area contributed by atoms with E-state index in [1.165, 1.54) is 5.57 Å². The Labute approximate surface area is 112 Å². The highest BCUT2D eigenvalue weighted by molar-refractivity contribution is 5.76. The summed E-state index contributed by atoms with van der Waals surface area (Å²) in [5.74, 6) is 1.68. The maximum absolute atomic E-state index is 4.80. The quantitative estimate of drug-likeness (QED) is 0.841. The lowest BCUT2D eigenvalue weighted by atomic mass is 10.1. The lowest BCUT2D eigenvalue weighted by Gasteiger charge is -2.19. The minimum absolute atomic E-state index is 0.646. The van der Waals surface area contributed by atoms with Crippen molar-refractivity contribution in [2.75, 3.05) is 24.5 Å². The predicted molar refractivity (Wildman–Crippen MR) is 76.1 cm³/mol. The molecule has 1 unspecified atom stereocenters. The molecule has 2 aromatic rings. The number of benzene rings is 1. The van der Waals surface area contributed by atoms with Gasteiger partial charge in [-0.25, -0.2) is 9.97 Å². The number of rotatable bonds is 1. The van der Waals surface area contributed by atoms with Crippen LogP contribution in [0.15, 0.2) is 36.0 Å². The molecule has 1 aromatic carbocycles. The molecule has 0 amide bonds. The van der Waals surface area contributed by atoms with Crippen molar-refractivity contribution in [2.45, 2.75) is 6.92 Å². The lowest BCUT2D eigenvalue weighted by Crippen LogP contribution is -2.25. The number of nitrogens with one attached hydrogen (secondary N) is 1. The van der Waals surface area contributed by atoms with E-state index < -0.39 is 0 Å². The molecule has 1 N–H and O–H groups in total. The molecule has 4 heteroatoms. The van der Waals surface area contributed by atoms with Gasteiger partial charge in [-0.3, -0.25) is 0 Å². The Morgan fingerprint density at radius 1 is 1.21 bits per heavy atom. The molecule has 1 fully saturated rings. The molecule has 1 atom stereocenters. The van der Waals surface area contributed by atoms with Crippen LogP contribution in [0.25, 0.3) is 11.0 Å². The zero-order chi connectivity index (χ0) is 12.8. The minimum atomic E-state index is 0.646. The van der Waals surface area contributed by atoms with E-state index >= 15 is 0 Å². The Bertz CT molecular complexity index is 677. The fourth-order valence-corrected chi connectivity index (χ4v) is 3.03. The highest BCUT2D eigenvalue weighted by atomic mass is 15.2. The Hall–Kier alpha value is -2.10. The van der Waals surface area contributed by atoms with Gasteiger partial charge in [0.15, 0.2) is 5.82 Å². The first-order valence-electron chi connectivity index (χ1n) is 6.72. The van der Waals surface area contributed by atoms with Gasteiger partial charge in [0.25, 0.3) is 0 Å². The van der Waals surface area contributed by atoms with Gasteiger partial charge in [-0.15, -0.1) is 0 Å². The summed E-state index contributed by atoms with van der Waals surface area (Å²) in [6, 6.07) is 8.07. The molecule has 19 heavy (non-hydrogen) atoms. The number of hydrogen-bond acceptors (Lipinski definition) is 4. The number of fused-ring (bicyclic) bond motifs is 2. The lowest BCUT2D eigenvalue weighted by molar-refractivity contribution is 0.675. The Balaban J connectivity index is 1.77. The van der Waals surface area contributed by atoms with Crippen molar-refractivity contribution in [2.24, 2.45) is 5.92 Å². The molecular formula is C15H16N4. The van der Waals surface area contributed by atoms with Gasteiger partial charge < -0.3 is 10.2 Å². The van der Waals surface area contributed by atoms with Gasteiger partial charge in [0.1, 0.15) is 0 Å². The molecule has 96 valence electrons. The molecule has 1 aromatic heterocycles. The van der Waals surface area contributed by atoms with Crippen molar-refractivity contribution in [1.29, 1.82) is 0 Å². The summed E-state index contributed by atoms with van der Waals surface area (Å²) in [6.07, 6.45) is 2.16. The largest absolute Gasteiger partial charge is 0.390 e. The summed E-state index contributed by atoms with van der Waals surface area (Å²) in [7, 11) is 0. The fourth-order valence-electron chi connectivity index (χ4n) is 3.03. The van der Waals surface area contributed by atoms with Crippen molar-refractivity contribution in [3.63, 3.8) is 0 Å². The smallest absolute Gasteiger partial charge is 0.151 e. The van der Waals surface area contributed by atoms with Crippen LogP contribution in [0.1, 0.15) is 5.69 Å². The summed E-state index contributed by atoms with van der Waals surface area (Å²) in [6.45, 7) is 5.14. The van der Waals surface area contributed by atoms with E-state index in [2.05, 4.69) is 28.3 Å². The Kier molecular flexibility index (Phi) is 2.24. The van der Waals surface area contributed by atoms with E-state index in [9.17, 15) is 0 Å². The monoisotopic (exact) mass is 252 g/mol. The molecule has 4 rings (SSSR count). The van der Waals surface area contributed by atoms with Crippen LogP contribution in [0.5, 0.6) is 0 Å². The topological polar surface area (TPSA) is 41.1 Å². The van der Waals surface area contributed by atoms with Crippen LogP contribution in [-0.2, 0) is 0 Å². The summed E-state index contributed by atoms with van der Waals surface area (Å²) in [5.41, 5.74) is 4.47. The average molecular weight is 252 g/mol. The third kappa shape index (κ3) is 1.67. The molecule has 2 aliphatic heterocycles. The zero-order valence-corrected chi connectivity index (χ0v) is 10.9. The number of para-hydroxylation sites is 2. The van der Waals surface area contributed by atoms with Gasteiger partial charge in [0, 0.05) is 25.6 Å². The highest BCUT2D eigenvalue weighted by Gasteiger charge is 2.31. The van der Waals surface area contributed by atoms with Crippen molar-refractivity contribution < 1.29 is 0 Å². The highest BCUT2D eigenvalue weighted by Crippen LogP contribution is 2.30. The molecule has 0 radical (unpaired) electrons. The van der Waals surface area contributed by atoms with Gasteiger partial charge >= 0.3 is 0 Å². The van der Waals surface area contributed by atoms with Crippen LogP contribution in [0, 0.1) is 12.8 Å². The van der Waals surface area contributed by atoms with Crippen molar-refractivity contribution in [3.05, 3.63) is 41.7 Å². The molecule has 0 bridgehead atoms. The molecule has 3 heterocycles. The summed E-state index contributed by atoms with van der Waals surface area (Å²) in [4.78, 5) is 11.8. The van der Waals surface area contributed by atoms with E-state index in [-0.39, 0.29) is 0 Å². The van der Waals surface area contributed by atoms with E-state index in [0.717, 1.165) is 42.2 Å². The zero-order valence-electron chi connectivity index (χ0n) is 10.9. The van der Waals surface area contributed by atoms with E-state index in [1.807, 2.05) is 24.3 Å². The molecular weight excluding hydrogens is 236 g/mol. The molecule has 1 saturated heterocycles. The van der Waals surface area contributed by atoms with E-state index in [4.69, 9.17) is 4.98 Å². The Morgan fingerprint density at radius 3 is 2.79 bits per heavy atom. The van der Waals surface area contributed by atoms with Crippen LogP contribution in [-0.4, -0.2) is 29.6 Å². The second-order valence-electron chi connectivity index (χ2n) is 5.33. The predicted octanol–water partition coefficient (Wildman–Crippen LogP) is 1.86. The summed E-state index contributed by atoms with van der Waals surface area (Å²) in [5, 5.41) is 3.32. The number of anilines is 1. The second kappa shape index (κ2) is 3.95. The van der Waals surface area contributed by atoms with Gasteiger partial charge in [0.2, 0.25) is 0 Å². The van der Waals surface area contributed by atoms with Crippen LogP contribution in [0.3, 0.4) is 0 Å². The van der Waals surface area contributed by atoms with Crippen LogP contribution in [0.4, 0.5) is 5.82 Å². The van der Waals surface area contributed by atoms with Gasteiger partial charge in [-0.1, -0.05) is 12.1 Å². The number of hydrogen-bond donors (Lipinski definition) is 1. The minimum Gasteiger partial charge on any atom is -0.390 e. The molecule has 0 aliphatic carbocycles. The number of aryl methyl sites for hydroxylation is 1. The third-order valence-electron chi connectivity index (χ3n) is 4.01. The first kappa shape index (κ1) is 10.8. The molecule has 0 saturated carbocycles. The Morgan fingerprint density at radius 2 is 2.00 bits per heavy atom. The maximum atomic E-state index is 4.80. The first-order valence-corrected chi connectivity index (χ1v) is 6.72.